The maximum Gasteiger partial charge on any atom is 0.258 e. The van der Waals surface area contributed by atoms with Gasteiger partial charge in [0.2, 0.25) is 0 Å². The van der Waals surface area contributed by atoms with Crippen LogP contribution in [0.3, 0.4) is 0 Å². The zero-order valence-electron chi connectivity index (χ0n) is 14.1. The number of benzene rings is 2. The van der Waals surface area contributed by atoms with E-state index >= 15 is 0 Å². The molecule has 0 radical (unpaired) electrons. The SMILES string of the molecule is CCOc1cc(C=O)ccc1OCC(=O)N[C@@H](C)c1ccc(Br)cc1. The van der Waals surface area contributed by atoms with Gasteiger partial charge in [-0.15, -0.1) is 0 Å². The first kappa shape index (κ1) is 19.0. The third-order valence-corrected chi connectivity index (χ3v) is 4.04. The molecule has 0 saturated heterocycles. The zero-order chi connectivity index (χ0) is 18.2. The van der Waals surface area contributed by atoms with Gasteiger partial charge in [0.05, 0.1) is 12.6 Å². The highest BCUT2D eigenvalue weighted by atomic mass is 79.9. The second-order valence-corrected chi connectivity index (χ2v) is 6.30. The highest BCUT2D eigenvalue weighted by Gasteiger charge is 2.12. The van der Waals surface area contributed by atoms with Crippen LogP contribution in [-0.4, -0.2) is 25.4 Å². The third-order valence-electron chi connectivity index (χ3n) is 3.51. The molecule has 0 aliphatic heterocycles. The van der Waals surface area contributed by atoms with Crippen molar-refractivity contribution in [2.45, 2.75) is 19.9 Å². The highest BCUT2D eigenvalue weighted by molar-refractivity contribution is 9.10. The summed E-state index contributed by atoms with van der Waals surface area (Å²) in [7, 11) is 0. The molecule has 25 heavy (non-hydrogen) atoms. The Morgan fingerprint density at radius 3 is 2.52 bits per heavy atom. The van der Waals surface area contributed by atoms with E-state index in [0.29, 0.717) is 23.7 Å². The fourth-order valence-electron chi connectivity index (χ4n) is 2.25. The fourth-order valence-corrected chi connectivity index (χ4v) is 2.51. The third kappa shape index (κ3) is 5.60. The van der Waals surface area contributed by atoms with E-state index in [-0.39, 0.29) is 18.6 Å². The van der Waals surface area contributed by atoms with Crippen molar-refractivity contribution in [1.29, 1.82) is 0 Å². The predicted molar refractivity (Wildman–Crippen MR) is 99.2 cm³/mol. The van der Waals surface area contributed by atoms with Gasteiger partial charge in [0.1, 0.15) is 6.29 Å². The van der Waals surface area contributed by atoms with Crippen LogP contribution in [0.1, 0.15) is 35.8 Å². The van der Waals surface area contributed by atoms with Crippen LogP contribution in [0.15, 0.2) is 46.9 Å². The van der Waals surface area contributed by atoms with E-state index in [0.717, 1.165) is 16.3 Å². The molecule has 2 aromatic carbocycles. The minimum atomic E-state index is -0.239. The second-order valence-electron chi connectivity index (χ2n) is 5.39. The number of hydrogen-bond acceptors (Lipinski definition) is 4. The van der Waals surface area contributed by atoms with Crippen LogP contribution in [0.25, 0.3) is 0 Å². The molecule has 0 fully saturated rings. The summed E-state index contributed by atoms with van der Waals surface area (Å²) in [6.45, 7) is 4.04. The number of halogens is 1. The van der Waals surface area contributed by atoms with Gasteiger partial charge in [-0.1, -0.05) is 28.1 Å². The van der Waals surface area contributed by atoms with Gasteiger partial charge in [-0.25, -0.2) is 0 Å². The lowest BCUT2D eigenvalue weighted by molar-refractivity contribution is -0.123. The Kier molecular flexibility index (Phi) is 7.01. The van der Waals surface area contributed by atoms with Crippen molar-refractivity contribution in [1.82, 2.24) is 5.32 Å². The lowest BCUT2D eigenvalue weighted by Crippen LogP contribution is -2.31. The van der Waals surface area contributed by atoms with E-state index in [9.17, 15) is 9.59 Å². The van der Waals surface area contributed by atoms with Crippen LogP contribution in [0.4, 0.5) is 0 Å². The van der Waals surface area contributed by atoms with E-state index < -0.39 is 0 Å². The fraction of sp³-hybridized carbons (Fsp3) is 0.263. The Morgan fingerprint density at radius 2 is 1.88 bits per heavy atom. The van der Waals surface area contributed by atoms with E-state index in [1.807, 2.05) is 38.1 Å². The molecular weight excluding hydrogens is 386 g/mol. The van der Waals surface area contributed by atoms with Crippen LogP contribution in [-0.2, 0) is 4.79 Å². The largest absolute Gasteiger partial charge is 0.490 e. The first-order valence-corrected chi connectivity index (χ1v) is 8.72. The summed E-state index contributed by atoms with van der Waals surface area (Å²) in [5, 5.41) is 2.88. The van der Waals surface area contributed by atoms with Crippen molar-refractivity contribution >= 4 is 28.1 Å². The lowest BCUT2D eigenvalue weighted by atomic mass is 10.1. The van der Waals surface area contributed by atoms with Gasteiger partial charge in [-0.05, 0) is 49.7 Å². The standard InChI is InChI=1S/C19H20BrNO4/c1-3-24-18-10-14(11-22)4-9-17(18)25-12-19(23)21-13(2)15-5-7-16(20)8-6-15/h4-11,13H,3,12H2,1-2H3,(H,21,23)/t13-/m0/s1. The molecule has 5 nitrogen and oxygen atoms in total. The number of nitrogens with one attached hydrogen (secondary N) is 1. The van der Waals surface area contributed by atoms with Crippen molar-refractivity contribution in [3.05, 3.63) is 58.1 Å². The Labute approximate surface area is 155 Å². The predicted octanol–water partition coefficient (Wildman–Crippen LogP) is 3.92. The molecule has 132 valence electrons. The number of carbonyl (C=O) groups is 2. The van der Waals surface area contributed by atoms with Crippen molar-refractivity contribution < 1.29 is 19.1 Å². The Hall–Kier alpha value is -2.34. The summed E-state index contributed by atoms with van der Waals surface area (Å²) >= 11 is 3.38. The number of amides is 1. The first-order chi connectivity index (χ1) is 12.0. The number of ether oxygens (including phenoxy) is 2. The van der Waals surface area contributed by atoms with E-state index in [1.54, 1.807) is 18.2 Å². The van der Waals surface area contributed by atoms with Crippen molar-refractivity contribution in [2.75, 3.05) is 13.2 Å². The van der Waals surface area contributed by atoms with Gasteiger partial charge in [0.15, 0.2) is 18.1 Å². The zero-order valence-corrected chi connectivity index (χ0v) is 15.7. The molecular formula is C19H20BrNO4. The molecule has 0 aliphatic rings. The minimum absolute atomic E-state index is 0.131. The van der Waals surface area contributed by atoms with Crippen molar-refractivity contribution in [3.8, 4) is 11.5 Å². The van der Waals surface area contributed by atoms with E-state index in [2.05, 4.69) is 21.2 Å². The molecule has 0 saturated carbocycles. The smallest absolute Gasteiger partial charge is 0.258 e. The van der Waals surface area contributed by atoms with Crippen molar-refractivity contribution in [3.63, 3.8) is 0 Å². The van der Waals surface area contributed by atoms with Gasteiger partial charge in [-0.2, -0.15) is 0 Å². The molecule has 6 heteroatoms. The lowest BCUT2D eigenvalue weighted by Gasteiger charge is -2.16. The maximum atomic E-state index is 12.1. The second kappa shape index (κ2) is 9.22. The summed E-state index contributed by atoms with van der Waals surface area (Å²) in [5.74, 6) is 0.636. The summed E-state index contributed by atoms with van der Waals surface area (Å²) < 4.78 is 12.0. The Balaban J connectivity index is 1.95. The number of hydrogen-bond donors (Lipinski definition) is 1. The molecule has 2 aromatic rings. The molecule has 1 amide bonds. The highest BCUT2D eigenvalue weighted by Crippen LogP contribution is 2.28. The molecule has 1 atom stereocenters. The van der Waals surface area contributed by atoms with Gasteiger partial charge >= 0.3 is 0 Å². The summed E-state index contributed by atoms with van der Waals surface area (Å²) in [4.78, 5) is 23.0. The Bertz CT molecular complexity index is 731. The Morgan fingerprint density at radius 1 is 1.16 bits per heavy atom. The number of aldehydes is 1. The van der Waals surface area contributed by atoms with Crippen LogP contribution in [0.2, 0.25) is 0 Å². The normalized spacial score (nSPS) is 11.5. The molecule has 2 rings (SSSR count). The summed E-state index contributed by atoms with van der Waals surface area (Å²) in [6.07, 6.45) is 0.735. The maximum absolute atomic E-state index is 12.1. The number of carbonyl (C=O) groups excluding carboxylic acids is 2. The first-order valence-electron chi connectivity index (χ1n) is 7.93. The topological polar surface area (TPSA) is 64.6 Å². The van der Waals surface area contributed by atoms with Gasteiger partial charge in [0.25, 0.3) is 5.91 Å². The molecule has 0 aromatic heterocycles. The van der Waals surface area contributed by atoms with Gasteiger partial charge in [0, 0.05) is 10.0 Å². The van der Waals surface area contributed by atoms with Crippen LogP contribution < -0.4 is 14.8 Å². The molecule has 0 heterocycles. The quantitative estimate of drug-likeness (QED) is 0.675. The van der Waals surface area contributed by atoms with Gasteiger partial charge < -0.3 is 14.8 Å². The molecule has 0 aliphatic carbocycles. The molecule has 0 bridgehead atoms. The average Bonchev–Trinajstić information content (AvgIpc) is 2.61. The van der Waals surface area contributed by atoms with Crippen molar-refractivity contribution in [2.24, 2.45) is 0 Å². The minimum Gasteiger partial charge on any atom is -0.490 e. The van der Waals surface area contributed by atoms with Crippen LogP contribution in [0, 0.1) is 0 Å². The van der Waals surface area contributed by atoms with E-state index in [4.69, 9.17) is 9.47 Å². The average molecular weight is 406 g/mol. The van der Waals surface area contributed by atoms with Gasteiger partial charge in [-0.3, -0.25) is 9.59 Å². The summed E-state index contributed by atoms with van der Waals surface area (Å²) in [5.41, 5.74) is 1.49. The molecule has 0 unspecified atom stereocenters. The summed E-state index contributed by atoms with van der Waals surface area (Å²) in [6, 6.07) is 12.5. The van der Waals surface area contributed by atoms with Crippen LogP contribution >= 0.6 is 15.9 Å². The molecule has 1 N–H and O–H groups in total. The molecule has 0 spiro atoms. The van der Waals surface area contributed by atoms with Crippen LogP contribution in [0.5, 0.6) is 11.5 Å². The monoisotopic (exact) mass is 405 g/mol. The van der Waals surface area contributed by atoms with E-state index in [1.165, 1.54) is 0 Å². The number of rotatable bonds is 8.